The van der Waals surface area contributed by atoms with Crippen LogP contribution in [-0.2, 0) is 14.9 Å². The van der Waals surface area contributed by atoms with Crippen LogP contribution in [0.15, 0.2) is 0 Å². The summed E-state index contributed by atoms with van der Waals surface area (Å²) < 4.78 is 33.0. The number of hydrogen-bond acceptors (Lipinski definition) is 3. The Labute approximate surface area is 115 Å². The molecule has 1 saturated heterocycles. The second-order valence-corrected chi connectivity index (χ2v) is 6.60. The lowest BCUT2D eigenvalue weighted by Gasteiger charge is -2.36. The minimum absolute atomic E-state index is 0.0676. The van der Waals surface area contributed by atoms with Gasteiger partial charge in [0.1, 0.15) is 0 Å². The molecule has 18 heavy (non-hydrogen) atoms. The van der Waals surface area contributed by atoms with Crippen molar-refractivity contribution in [2.75, 3.05) is 39.2 Å². The van der Waals surface area contributed by atoms with Gasteiger partial charge in [-0.15, -0.1) is 11.6 Å². The zero-order valence-electron chi connectivity index (χ0n) is 11.1. The molecule has 1 unspecified atom stereocenters. The van der Waals surface area contributed by atoms with E-state index in [1.165, 1.54) is 4.31 Å². The number of halogens is 1. The Morgan fingerprint density at radius 1 is 1.44 bits per heavy atom. The first-order valence-electron chi connectivity index (χ1n) is 6.39. The third-order valence-electron chi connectivity index (χ3n) is 3.27. The van der Waals surface area contributed by atoms with Gasteiger partial charge in [0, 0.05) is 38.7 Å². The SMILES string of the molecule is CCN(CCOC)S(=O)(=O)N1CCCCC1CCl. The molecule has 1 aliphatic rings. The number of nitrogens with zero attached hydrogens (tertiary/aromatic N) is 2. The molecule has 1 aliphatic heterocycles. The molecule has 0 bridgehead atoms. The van der Waals surface area contributed by atoms with Gasteiger partial charge in [-0.2, -0.15) is 17.0 Å². The summed E-state index contributed by atoms with van der Waals surface area (Å²) >= 11 is 5.88. The second-order valence-electron chi connectivity index (χ2n) is 4.41. The van der Waals surface area contributed by atoms with Crippen LogP contribution in [0.5, 0.6) is 0 Å². The van der Waals surface area contributed by atoms with Gasteiger partial charge in [-0.1, -0.05) is 13.3 Å². The van der Waals surface area contributed by atoms with Crippen molar-refractivity contribution in [3.8, 4) is 0 Å². The average Bonchev–Trinajstić information content (AvgIpc) is 2.39. The van der Waals surface area contributed by atoms with Gasteiger partial charge in [0.25, 0.3) is 10.2 Å². The number of rotatable bonds is 7. The lowest BCUT2D eigenvalue weighted by Crippen LogP contribution is -2.51. The summed E-state index contributed by atoms with van der Waals surface area (Å²) in [5, 5.41) is 0. The molecule has 1 fully saturated rings. The molecular formula is C11H23ClN2O3S. The summed E-state index contributed by atoms with van der Waals surface area (Å²) in [5.41, 5.74) is 0. The third-order valence-corrected chi connectivity index (χ3v) is 5.79. The molecule has 0 aromatic carbocycles. The van der Waals surface area contributed by atoms with Gasteiger partial charge in [-0.25, -0.2) is 0 Å². The largest absolute Gasteiger partial charge is 0.383 e. The van der Waals surface area contributed by atoms with Crippen LogP contribution < -0.4 is 0 Å². The first kappa shape index (κ1) is 16.2. The highest BCUT2D eigenvalue weighted by molar-refractivity contribution is 7.86. The Morgan fingerprint density at radius 2 is 2.17 bits per heavy atom. The van der Waals surface area contributed by atoms with E-state index in [9.17, 15) is 8.42 Å². The van der Waals surface area contributed by atoms with E-state index in [1.807, 2.05) is 6.92 Å². The molecule has 0 aliphatic carbocycles. The van der Waals surface area contributed by atoms with Gasteiger partial charge in [0.05, 0.1) is 6.61 Å². The standard InChI is InChI=1S/C11H23ClN2O3S/c1-3-13(8-9-17-2)18(15,16)14-7-5-4-6-11(14)10-12/h11H,3-10H2,1-2H3. The van der Waals surface area contributed by atoms with Crippen LogP contribution in [0.3, 0.4) is 0 Å². The molecule has 0 aromatic heterocycles. The normalized spacial score (nSPS) is 22.6. The monoisotopic (exact) mass is 298 g/mol. The van der Waals surface area contributed by atoms with E-state index in [-0.39, 0.29) is 6.04 Å². The average molecular weight is 299 g/mol. The Bertz CT molecular complexity index is 337. The maximum atomic E-state index is 12.5. The zero-order chi connectivity index (χ0) is 13.6. The van der Waals surface area contributed by atoms with Gasteiger partial charge < -0.3 is 4.74 Å². The predicted molar refractivity (Wildman–Crippen MR) is 73.1 cm³/mol. The minimum Gasteiger partial charge on any atom is -0.383 e. The number of piperidine rings is 1. The topological polar surface area (TPSA) is 49.9 Å². The molecule has 0 aromatic rings. The fraction of sp³-hybridized carbons (Fsp3) is 1.00. The van der Waals surface area contributed by atoms with Crippen molar-refractivity contribution in [2.45, 2.75) is 32.2 Å². The first-order valence-corrected chi connectivity index (χ1v) is 8.32. The van der Waals surface area contributed by atoms with E-state index in [4.69, 9.17) is 16.3 Å². The lowest BCUT2D eigenvalue weighted by molar-refractivity contribution is 0.173. The van der Waals surface area contributed by atoms with Crippen LogP contribution in [0, 0.1) is 0 Å². The van der Waals surface area contributed by atoms with Gasteiger partial charge in [-0.3, -0.25) is 0 Å². The molecule has 0 saturated carbocycles. The van der Waals surface area contributed by atoms with Crippen molar-refractivity contribution < 1.29 is 13.2 Å². The molecular weight excluding hydrogens is 276 g/mol. The Morgan fingerprint density at radius 3 is 2.72 bits per heavy atom. The highest BCUT2D eigenvalue weighted by Crippen LogP contribution is 2.23. The van der Waals surface area contributed by atoms with Crippen molar-refractivity contribution in [1.82, 2.24) is 8.61 Å². The number of alkyl halides is 1. The van der Waals surface area contributed by atoms with Crippen molar-refractivity contribution in [2.24, 2.45) is 0 Å². The van der Waals surface area contributed by atoms with E-state index in [0.717, 1.165) is 19.3 Å². The van der Waals surface area contributed by atoms with Crippen molar-refractivity contribution in [3.05, 3.63) is 0 Å². The fourth-order valence-corrected chi connectivity index (χ4v) is 4.46. The number of ether oxygens (including phenoxy) is 1. The lowest BCUT2D eigenvalue weighted by atomic mass is 10.1. The second kappa shape index (κ2) is 7.65. The summed E-state index contributed by atoms with van der Waals surface area (Å²) in [5.74, 6) is 0.362. The summed E-state index contributed by atoms with van der Waals surface area (Å²) in [6, 6.07) is -0.0676. The highest BCUT2D eigenvalue weighted by atomic mass is 35.5. The summed E-state index contributed by atoms with van der Waals surface area (Å²) in [7, 11) is -1.83. The smallest absolute Gasteiger partial charge is 0.282 e. The molecule has 0 N–H and O–H groups in total. The van der Waals surface area contributed by atoms with Crippen molar-refractivity contribution >= 4 is 21.8 Å². The number of methoxy groups -OCH3 is 1. The Kier molecular flexibility index (Phi) is 6.87. The number of likely N-dealkylation sites (N-methyl/N-ethyl adjacent to an activating group) is 1. The molecule has 0 spiro atoms. The fourth-order valence-electron chi connectivity index (χ4n) is 2.21. The maximum Gasteiger partial charge on any atom is 0.282 e. The van der Waals surface area contributed by atoms with Crippen molar-refractivity contribution in [3.63, 3.8) is 0 Å². The van der Waals surface area contributed by atoms with E-state index in [0.29, 0.717) is 32.1 Å². The molecule has 1 rings (SSSR count). The van der Waals surface area contributed by atoms with Crippen LogP contribution >= 0.6 is 11.6 Å². The Hall–Kier alpha value is 0.120. The van der Waals surface area contributed by atoms with Gasteiger partial charge in [0.15, 0.2) is 0 Å². The van der Waals surface area contributed by atoms with E-state index >= 15 is 0 Å². The quantitative estimate of drug-likeness (QED) is 0.666. The van der Waals surface area contributed by atoms with Crippen LogP contribution in [0.4, 0.5) is 0 Å². The molecule has 0 radical (unpaired) electrons. The Balaban J connectivity index is 2.81. The van der Waals surface area contributed by atoms with Crippen molar-refractivity contribution in [1.29, 1.82) is 0 Å². The van der Waals surface area contributed by atoms with Crippen LogP contribution in [0.25, 0.3) is 0 Å². The summed E-state index contributed by atoms with van der Waals surface area (Å²) in [4.78, 5) is 0. The molecule has 0 amide bonds. The highest BCUT2D eigenvalue weighted by Gasteiger charge is 2.35. The van der Waals surface area contributed by atoms with Crippen LogP contribution in [0.2, 0.25) is 0 Å². The molecule has 108 valence electrons. The third kappa shape index (κ3) is 3.81. The van der Waals surface area contributed by atoms with Gasteiger partial charge in [0.2, 0.25) is 0 Å². The maximum absolute atomic E-state index is 12.5. The predicted octanol–water partition coefficient (Wildman–Crippen LogP) is 1.29. The van der Waals surface area contributed by atoms with E-state index in [1.54, 1.807) is 11.4 Å². The molecule has 5 nitrogen and oxygen atoms in total. The van der Waals surface area contributed by atoms with Gasteiger partial charge in [-0.05, 0) is 12.8 Å². The van der Waals surface area contributed by atoms with E-state index < -0.39 is 10.2 Å². The first-order chi connectivity index (χ1) is 8.57. The summed E-state index contributed by atoms with van der Waals surface area (Å²) in [6.45, 7) is 3.67. The van der Waals surface area contributed by atoms with E-state index in [2.05, 4.69) is 0 Å². The molecule has 1 atom stereocenters. The van der Waals surface area contributed by atoms with Crippen LogP contribution in [0.1, 0.15) is 26.2 Å². The zero-order valence-corrected chi connectivity index (χ0v) is 12.7. The molecule has 7 heteroatoms. The number of hydrogen-bond donors (Lipinski definition) is 0. The minimum atomic E-state index is -3.41. The summed E-state index contributed by atoms with van der Waals surface area (Å²) in [6.07, 6.45) is 2.81. The van der Waals surface area contributed by atoms with Gasteiger partial charge >= 0.3 is 0 Å². The van der Waals surface area contributed by atoms with Crippen LogP contribution in [-0.4, -0.2) is 62.3 Å². The molecule has 1 heterocycles.